The van der Waals surface area contributed by atoms with Gasteiger partial charge in [0.25, 0.3) is 0 Å². The maximum absolute atomic E-state index is 12.0. The molecule has 0 bridgehead atoms. The lowest BCUT2D eigenvalue weighted by molar-refractivity contribution is -0.269. The summed E-state index contributed by atoms with van der Waals surface area (Å²) in [4.78, 5) is -0.0703. The van der Waals surface area contributed by atoms with Crippen molar-refractivity contribution in [3.8, 4) is 11.3 Å². The molecule has 4 nitrogen and oxygen atoms in total. The summed E-state index contributed by atoms with van der Waals surface area (Å²) in [5, 5.41) is 6.28. The lowest BCUT2D eigenvalue weighted by Gasteiger charge is -2.09. The van der Waals surface area contributed by atoms with Gasteiger partial charge in [-0.3, -0.25) is 5.10 Å². The summed E-state index contributed by atoms with van der Waals surface area (Å²) in [5.74, 6) is 0. The Labute approximate surface area is 102 Å². The molecule has 1 atom stereocenters. The van der Waals surface area contributed by atoms with Gasteiger partial charge in [-0.05, 0) is 12.1 Å². The summed E-state index contributed by atoms with van der Waals surface area (Å²) < 4.78 is 51.1. The second-order valence-electron chi connectivity index (χ2n) is 3.23. The van der Waals surface area contributed by atoms with Crippen molar-refractivity contribution < 1.29 is 21.6 Å². The topological polar surface area (TPSA) is 55.0 Å². The van der Waals surface area contributed by atoms with Crippen LogP contribution in [0.3, 0.4) is 0 Å². The van der Waals surface area contributed by atoms with E-state index in [4.69, 9.17) is 0 Å². The number of hydrogen-bond donors (Lipinski definition) is 1. The van der Waals surface area contributed by atoms with E-state index in [1.807, 2.05) is 0 Å². The highest BCUT2D eigenvalue weighted by atomic mass is 32.2. The Morgan fingerprint density at radius 2 is 1.94 bits per heavy atom. The first-order valence-corrected chi connectivity index (χ1v) is 5.81. The largest absolute Gasteiger partial charge is 0.535 e. The molecule has 0 aliphatic heterocycles. The van der Waals surface area contributed by atoms with Crippen LogP contribution in [0.25, 0.3) is 11.3 Å². The lowest BCUT2D eigenvalue weighted by Crippen LogP contribution is -2.15. The van der Waals surface area contributed by atoms with Crippen molar-refractivity contribution >= 4 is 11.1 Å². The van der Waals surface area contributed by atoms with Crippen LogP contribution in [0.2, 0.25) is 0 Å². The number of hydrogen-bond acceptors (Lipinski definition) is 3. The van der Waals surface area contributed by atoms with E-state index in [1.54, 1.807) is 12.1 Å². The lowest BCUT2D eigenvalue weighted by atomic mass is 10.1. The first-order valence-electron chi connectivity index (χ1n) is 4.74. The molecule has 1 aromatic heterocycles. The van der Waals surface area contributed by atoms with E-state index >= 15 is 0 Å². The molecule has 8 heteroatoms. The second kappa shape index (κ2) is 4.91. The number of benzene rings is 1. The van der Waals surface area contributed by atoms with Crippen LogP contribution in [0, 0.1) is 0 Å². The molecule has 0 aliphatic carbocycles. The summed E-state index contributed by atoms with van der Waals surface area (Å²) in [7, 11) is 0. The molecular formula is C10H7F3N2O2S. The SMILES string of the molecule is O=S(OC(F)(F)F)c1ccccc1-c1ccn[nH]1. The highest BCUT2D eigenvalue weighted by Crippen LogP contribution is 2.28. The van der Waals surface area contributed by atoms with E-state index in [2.05, 4.69) is 14.4 Å². The Kier molecular flexibility index (Phi) is 3.48. The Morgan fingerprint density at radius 3 is 2.56 bits per heavy atom. The maximum Gasteiger partial charge on any atom is 0.535 e. The molecule has 0 saturated heterocycles. The zero-order valence-corrected chi connectivity index (χ0v) is 9.59. The predicted molar refractivity (Wildman–Crippen MR) is 57.6 cm³/mol. The van der Waals surface area contributed by atoms with Gasteiger partial charge >= 0.3 is 6.36 Å². The molecule has 0 fully saturated rings. The van der Waals surface area contributed by atoms with Gasteiger partial charge in [-0.15, -0.1) is 13.2 Å². The van der Waals surface area contributed by atoms with Gasteiger partial charge in [0, 0.05) is 11.8 Å². The third-order valence-electron chi connectivity index (χ3n) is 2.03. The molecule has 18 heavy (non-hydrogen) atoms. The van der Waals surface area contributed by atoms with Crippen LogP contribution in [0.4, 0.5) is 13.2 Å². The summed E-state index contributed by atoms with van der Waals surface area (Å²) in [6, 6.07) is 7.49. The average molecular weight is 276 g/mol. The van der Waals surface area contributed by atoms with Crippen molar-refractivity contribution in [2.75, 3.05) is 0 Å². The van der Waals surface area contributed by atoms with E-state index in [9.17, 15) is 17.4 Å². The number of aromatic nitrogens is 2. The van der Waals surface area contributed by atoms with Crippen molar-refractivity contribution in [2.24, 2.45) is 0 Å². The van der Waals surface area contributed by atoms with Crippen LogP contribution in [0.5, 0.6) is 0 Å². The molecular weight excluding hydrogens is 269 g/mol. The Morgan fingerprint density at radius 1 is 1.22 bits per heavy atom. The first kappa shape index (κ1) is 12.8. The van der Waals surface area contributed by atoms with Crippen LogP contribution in [0.1, 0.15) is 0 Å². The van der Waals surface area contributed by atoms with E-state index < -0.39 is 17.4 Å². The average Bonchev–Trinajstić information content (AvgIpc) is 2.80. The molecule has 0 amide bonds. The Balaban J connectivity index is 2.37. The summed E-state index contributed by atoms with van der Waals surface area (Å²) in [6.07, 6.45) is -3.51. The van der Waals surface area contributed by atoms with Gasteiger partial charge in [0.05, 0.1) is 10.6 Å². The van der Waals surface area contributed by atoms with Crippen molar-refractivity contribution in [1.29, 1.82) is 0 Å². The van der Waals surface area contributed by atoms with Gasteiger partial charge in [0.1, 0.15) is 0 Å². The van der Waals surface area contributed by atoms with Crippen molar-refractivity contribution in [3.63, 3.8) is 0 Å². The standard InChI is InChI=1S/C10H7F3N2O2S/c11-10(12,13)17-18(16)9-4-2-1-3-7(9)8-5-6-14-15-8/h1-6H,(H,14,15). The summed E-state index contributed by atoms with van der Waals surface area (Å²) >= 11 is -2.62. The number of alkyl halides is 3. The highest BCUT2D eigenvalue weighted by Gasteiger charge is 2.34. The van der Waals surface area contributed by atoms with Gasteiger partial charge in [0.2, 0.25) is 0 Å². The van der Waals surface area contributed by atoms with Crippen molar-refractivity contribution in [1.82, 2.24) is 10.2 Å². The molecule has 0 spiro atoms. The van der Waals surface area contributed by atoms with E-state index in [1.165, 1.54) is 24.4 Å². The molecule has 1 aromatic carbocycles. The van der Waals surface area contributed by atoms with Gasteiger partial charge in [-0.1, -0.05) is 18.2 Å². The molecule has 2 aromatic rings. The Hall–Kier alpha value is -1.67. The molecule has 0 saturated carbocycles. The minimum Gasteiger partial charge on any atom is -0.278 e. The number of nitrogens with one attached hydrogen (secondary N) is 1. The number of H-pyrrole nitrogens is 1. The molecule has 0 radical (unpaired) electrons. The van der Waals surface area contributed by atoms with Crippen LogP contribution in [-0.2, 0) is 15.3 Å². The van der Waals surface area contributed by atoms with Crippen LogP contribution >= 0.6 is 0 Å². The number of nitrogens with zero attached hydrogens (tertiary/aromatic N) is 1. The highest BCUT2D eigenvalue weighted by molar-refractivity contribution is 7.80. The predicted octanol–water partition coefficient (Wildman–Crippen LogP) is 2.64. The molecule has 0 aliphatic rings. The van der Waals surface area contributed by atoms with Crippen molar-refractivity contribution in [3.05, 3.63) is 36.5 Å². The minimum atomic E-state index is -4.95. The first-order chi connectivity index (χ1) is 8.47. The molecule has 1 N–H and O–H groups in total. The maximum atomic E-state index is 12.0. The van der Waals surface area contributed by atoms with E-state index in [0.29, 0.717) is 11.3 Å². The minimum absolute atomic E-state index is 0.0703. The van der Waals surface area contributed by atoms with E-state index in [-0.39, 0.29) is 4.90 Å². The molecule has 2 rings (SSSR count). The number of halogens is 3. The fourth-order valence-electron chi connectivity index (χ4n) is 1.37. The van der Waals surface area contributed by atoms with Crippen LogP contribution < -0.4 is 0 Å². The molecule has 1 heterocycles. The third-order valence-corrected chi connectivity index (χ3v) is 3.08. The molecule has 96 valence electrons. The quantitative estimate of drug-likeness (QED) is 0.937. The number of aromatic amines is 1. The summed E-state index contributed by atoms with van der Waals surface area (Å²) in [6.45, 7) is 0. The van der Waals surface area contributed by atoms with Crippen molar-refractivity contribution in [2.45, 2.75) is 11.3 Å². The molecule has 1 unspecified atom stereocenters. The van der Waals surface area contributed by atoms with Gasteiger partial charge < -0.3 is 0 Å². The normalized spacial score (nSPS) is 13.5. The fraction of sp³-hybridized carbons (Fsp3) is 0.100. The van der Waals surface area contributed by atoms with Gasteiger partial charge in [0.15, 0.2) is 11.1 Å². The summed E-state index contributed by atoms with van der Waals surface area (Å²) in [5.41, 5.74) is 0.808. The van der Waals surface area contributed by atoms with Gasteiger partial charge in [-0.2, -0.15) is 9.28 Å². The van der Waals surface area contributed by atoms with Gasteiger partial charge in [-0.25, -0.2) is 4.21 Å². The number of rotatable bonds is 3. The second-order valence-corrected chi connectivity index (χ2v) is 4.31. The monoisotopic (exact) mass is 276 g/mol. The Bertz CT molecular complexity index is 555. The van der Waals surface area contributed by atoms with E-state index in [0.717, 1.165) is 0 Å². The smallest absolute Gasteiger partial charge is 0.278 e. The zero-order valence-electron chi connectivity index (χ0n) is 8.77. The third kappa shape index (κ3) is 2.96. The zero-order chi connectivity index (χ0) is 13.2. The van der Waals surface area contributed by atoms with Crippen LogP contribution in [0.15, 0.2) is 41.4 Å². The van der Waals surface area contributed by atoms with Crippen LogP contribution in [-0.4, -0.2) is 20.8 Å². The fourth-order valence-corrected chi connectivity index (χ4v) is 2.18.